The van der Waals surface area contributed by atoms with Gasteiger partial charge in [-0.1, -0.05) is 71.1 Å². The molecule has 0 aliphatic rings. The quantitative estimate of drug-likeness (QED) is 0.0899. The lowest BCUT2D eigenvalue weighted by atomic mass is 10.1. The highest BCUT2D eigenvalue weighted by molar-refractivity contribution is 7.85. The van der Waals surface area contributed by atoms with Crippen molar-refractivity contribution in [2.45, 2.75) is 116 Å². The maximum Gasteiger partial charge on any atom is 0.0948 e. The van der Waals surface area contributed by atoms with Crippen LogP contribution in [-0.2, 0) is 10.1 Å². The molecule has 0 aromatic heterocycles. The minimum absolute atomic E-state index is 0.233. The molecule has 0 N–H and O–H groups in total. The summed E-state index contributed by atoms with van der Waals surface area (Å²) in [6, 6.07) is 0. The minimum Gasteiger partial charge on any atom is -0.748 e. The van der Waals surface area contributed by atoms with Crippen LogP contribution in [0.2, 0.25) is 0 Å². The van der Waals surface area contributed by atoms with E-state index in [0.29, 0.717) is 6.42 Å². The number of unbranched alkanes of at least 4 members (excludes halogenated alkanes) is 14. The van der Waals surface area contributed by atoms with Crippen molar-refractivity contribution in [2.75, 3.05) is 60.1 Å². The Balaban J connectivity index is 3.56. The summed E-state index contributed by atoms with van der Waals surface area (Å²) < 4.78 is 34.2. The van der Waals surface area contributed by atoms with Crippen molar-refractivity contribution in [3.05, 3.63) is 0 Å². The van der Waals surface area contributed by atoms with Crippen molar-refractivity contribution in [3.63, 3.8) is 0 Å². The van der Waals surface area contributed by atoms with Gasteiger partial charge in [-0.2, -0.15) is 0 Å². The second kappa shape index (κ2) is 19.1. The molecular formula is C27H59N2O3S+. The molecule has 0 atom stereocenters. The number of rotatable bonds is 24. The average Bonchev–Trinajstić information content (AvgIpc) is 2.70. The van der Waals surface area contributed by atoms with Crippen LogP contribution in [0, 0.1) is 0 Å². The molecule has 0 bridgehead atoms. The molecule has 0 aromatic carbocycles. The fraction of sp³-hybridized carbons (Fsp3) is 1.00. The van der Waals surface area contributed by atoms with Crippen LogP contribution in [0.25, 0.3) is 0 Å². The molecule has 0 saturated heterocycles. The van der Waals surface area contributed by atoms with E-state index in [0.717, 1.165) is 17.6 Å². The van der Waals surface area contributed by atoms with Crippen LogP contribution in [0.1, 0.15) is 116 Å². The third-order valence-corrected chi connectivity index (χ3v) is 7.84. The van der Waals surface area contributed by atoms with Gasteiger partial charge in [0.05, 0.1) is 64.5 Å². The third-order valence-electron chi connectivity index (χ3n) is 7.05. The summed E-state index contributed by atoms with van der Waals surface area (Å²) >= 11 is 0. The van der Waals surface area contributed by atoms with Crippen molar-refractivity contribution >= 4 is 10.1 Å². The molecule has 0 amide bonds. The molecule has 0 unspecified atom stereocenters. The highest BCUT2D eigenvalue weighted by Gasteiger charge is 2.15. The van der Waals surface area contributed by atoms with E-state index in [4.69, 9.17) is 0 Å². The van der Waals surface area contributed by atoms with Gasteiger partial charge >= 0.3 is 0 Å². The Morgan fingerprint density at radius 3 is 1.06 bits per heavy atom. The van der Waals surface area contributed by atoms with Crippen LogP contribution >= 0.6 is 0 Å². The first-order chi connectivity index (χ1) is 15.5. The van der Waals surface area contributed by atoms with Gasteiger partial charge in [-0.3, -0.25) is 0 Å². The topological polar surface area (TPSA) is 57.2 Å². The zero-order valence-corrected chi connectivity index (χ0v) is 23.9. The predicted molar refractivity (Wildman–Crippen MR) is 142 cm³/mol. The van der Waals surface area contributed by atoms with E-state index in [2.05, 4.69) is 35.1 Å². The average molecular weight is 492 g/mol. The SMILES string of the molecule is CCCCCCCCCCCC[N+](C)(C)CCCCCCCC[N+](C)(C)CCCS(=O)(=O)[O-]. The molecule has 0 fully saturated rings. The van der Waals surface area contributed by atoms with Crippen molar-refractivity contribution in [3.8, 4) is 0 Å². The molecule has 0 aliphatic heterocycles. The van der Waals surface area contributed by atoms with E-state index < -0.39 is 10.1 Å². The molecule has 5 nitrogen and oxygen atoms in total. The summed E-state index contributed by atoms with van der Waals surface area (Å²) in [6.07, 6.45) is 22.3. The van der Waals surface area contributed by atoms with E-state index in [-0.39, 0.29) is 5.75 Å². The zero-order chi connectivity index (χ0) is 25.1. The van der Waals surface area contributed by atoms with Gasteiger partial charge in [0.15, 0.2) is 0 Å². The summed E-state index contributed by atoms with van der Waals surface area (Å²) in [5.41, 5.74) is 0. The largest absolute Gasteiger partial charge is 0.748 e. The summed E-state index contributed by atoms with van der Waals surface area (Å²) in [6.45, 7) is 6.71. The van der Waals surface area contributed by atoms with Crippen LogP contribution in [0.5, 0.6) is 0 Å². The highest BCUT2D eigenvalue weighted by Crippen LogP contribution is 2.14. The monoisotopic (exact) mass is 491 g/mol. The predicted octanol–water partition coefficient (Wildman–Crippen LogP) is 6.34. The lowest BCUT2D eigenvalue weighted by Gasteiger charge is -2.30. The van der Waals surface area contributed by atoms with Crippen molar-refractivity contribution in [2.24, 2.45) is 0 Å². The summed E-state index contributed by atoms with van der Waals surface area (Å²) in [4.78, 5) is 0. The Bertz CT molecular complexity index is 548. The van der Waals surface area contributed by atoms with Crippen LogP contribution in [-0.4, -0.2) is 82.1 Å². The fourth-order valence-electron chi connectivity index (χ4n) is 4.71. The van der Waals surface area contributed by atoms with Crippen LogP contribution in [0.4, 0.5) is 0 Å². The smallest absolute Gasteiger partial charge is 0.0948 e. The lowest BCUT2D eigenvalue weighted by molar-refractivity contribution is -0.890. The second-order valence-corrected chi connectivity index (χ2v) is 13.2. The molecular weight excluding hydrogens is 432 g/mol. The second-order valence-electron chi connectivity index (χ2n) is 11.7. The van der Waals surface area contributed by atoms with E-state index >= 15 is 0 Å². The molecule has 0 aliphatic carbocycles. The highest BCUT2D eigenvalue weighted by atomic mass is 32.2. The molecule has 0 heterocycles. The van der Waals surface area contributed by atoms with Gasteiger partial charge in [0, 0.05) is 12.2 Å². The fourth-order valence-corrected chi connectivity index (χ4v) is 5.19. The molecule has 0 spiro atoms. The summed E-state index contributed by atoms with van der Waals surface area (Å²) in [7, 11) is 4.98. The van der Waals surface area contributed by atoms with Gasteiger partial charge in [-0.15, -0.1) is 0 Å². The van der Waals surface area contributed by atoms with Gasteiger partial charge < -0.3 is 13.5 Å². The minimum atomic E-state index is -4.07. The molecule has 0 aromatic rings. The van der Waals surface area contributed by atoms with Crippen LogP contribution in [0.3, 0.4) is 0 Å². The van der Waals surface area contributed by atoms with E-state index in [9.17, 15) is 13.0 Å². The van der Waals surface area contributed by atoms with Crippen molar-refractivity contribution in [1.29, 1.82) is 0 Å². The summed E-state index contributed by atoms with van der Waals surface area (Å²) in [5, 5.41) is 0. The Hall–Kier alpha value is -0.170. The van der Waals surface area contributed by atoms with Crippen LogP contribution < -0.4 is 0 Å². The summed E-state index contributed by atoms with van der Waals surface area (Å²) in [5.74, 6) is -0.233. The first-order valence-electron chi connectivity index (χ1n) is 14.0. The Kier molecular flexibility index (Phi) is 19.0. The van der Waals surface area contributed by atoms with Gasteiger partial charge in [-0.05, 0) is 38.5 Å². The van der Waals surface area contributed by atoms with E-state index in [1.165, 1.54) is 120 Å². The van der Waals surface area contributed by atoms with E-state index in [1.807, 2.05) is 0 Å². The molecule has 0 rings (SSSR count). The van der Waals surface area contributed by atoms with Gasteiger partial charge in [0.2, 0.25) is 0 Å². The normalized spacial score (nSPS) is 13.0. The van der Waals surface area contributed by atoms with Gasteiger partial charge in [-0.25, -0.2) is 8.42 Å². The maximum absolute atomic E-state index is 10.7. The number of quaternary nitrogens is 2. The molecule has 6 heteroatoms. The first-order valence-corrected chi connectivity index (χ1v) is 15.6. The lowest BCUT2D eigenvalue weighted by Crippen LogP contribution is -2.41. The van der Waals surface area contributed by atoms with Crippen molar-refractivity contribution < 1.29 is 21.9 Å². The van der Waals surface area contributed by atoms with E-state index in [1.54, 1.807) is 0 Å². The third kappa shape index (κ3) is 24.7. The number of nitrogens with zero attached hydrogens (tertiary/aromatic N) is 2. The Labute approximate surface area is 208 Å². The van der Waals surface area contributed by atoms with Crippen molar-refractivity contribution in [1.82, 2.24) is 0 Å². The first kappa shape index (κ1) is 32.8. The van der Waals surface area contributed by atoms with Gasteiger partial charge in [0.25, 0.3) is 0 Å². The van der Waals surface area contributed by atoms with Gasteiger partial charge in [0.1, 0.15) is 0 Å². The number of hydrogen-bond donors (Lipinski definition) is 0. The van der Waals surface area contributed by atoms with Crippen LogP contribution in [0.15, 0.2) is 0 Å². The Morgan fingerprint density at radius 2 is 0.758 bits per heavy atom. The molecule has 200 valence electrons. The number of hydrogen-bond acceptors (Lipinski definition) is 3. The standard InChI is InChI=1S/C27H59N2O3S/c1-6-7-8-9-10-11-12-13-16-19-23-28(2,3)24-20-17-14-15-18-21-25-29(4,5)26-22-27-33(30,31)32/h6-27H2,1-5H3/q+1. The Morgan fingerprint density at radius 1 is 0.485 bits per heavy atom. The molecule has 0 saturated carbocycles. The zero-order valence-electron chi connectivity index (χ0n) is 23.1. The maximum atomic E-state index is 10.7. The molecule has 33 heavy (non-hydrogen) atoms. The molecule has 0 radical (unpaired) electrons.